The smallest absolute Gasteiger partial charge is 0.283 e. The van der Waals surface area contributed by atoms with E-state index in [-0.39, 0.29) is 18.7 Å². The number of aliphatic hydroxyl groups excluding tert-OH is 1. The minimum atomic E-state index is -0.264. The zero-order valence-electron chi connectivity index (χ0n) is 10.3. The number of aryl methyl sites for hydroxylation is 1. The maximum absolute atomic E-state index is 11.9. The fourth-order valence-corrected chi connectivity index (χ4v) is 2.68. The van der Waals surface area contributed by atoms with Crippen LogP contribution in [0.3, 0.4) is 0 Å². The molecule has 0 saturated heterocycles. The number of anilines is 1. The highest BCUT2D eigenvalue weighted by atomic mass is 79.9. The fourth-order valence-electron chi connectivity index (χ4n) is 1.51. The van der Waals surface area contributed by atoms with E-state index in [1.165, 1.54) is 4.68 Å². The first-order valence-corrected chi connectivity index (χ1v) is 7.30. The number of hydrogen-bond acceptors (Lipinski definition) is 6. The summed E-state index contributed by atoms with van der Waals surface area (Å²) < 4.78 is 1.63. The van der Waals surface area contributed by atoms with Crippen LogP contribution in [0.15, 0.2) is 21.0 Å². The van der Waals surface area contributed by atoms with E-state index < -0.39 is 0 Å². The average molecular weight is 345 g/mol. The second kappa shape index (κ2) is 6.27. The third kappa shape index (κ3) is 3.20. The summed E-state index contributed by atoms with van der Waals surface area (Å²) in [6.45, 7) is 2.61. The van der Waals surface area contributed by atoms with Gasteiger partial charge in [-0.2, -0.15) is 5.10 Å². The maximum Gasteiger partial charge on any atom is 0.283 e. The van der Waals surface area contributed by atoms with Crippen molar-refractivity contribution in [1.82, 2.24) is 14.8 Å². The van der Waals surface area contributed by atoms with Gasteiger partial charge in [0, 0.05) is 4.88 Å². The Morgan fingerprint density at radius 3 is 3.00 bits per heavy atom. The van der Waals surface area contributed by atoms with Gasteiger partial charge >= 0.3 is 0 Å². The molecule has 6 nitrogen and oxygen atoms in total. The van der Waals surface area contributed by atoms with Crippen molar-refractivity contribution in [2.24, 2.45) is 0 Å². The molecule has 2 rings (SSSR count). The number of aliphatic hydroxyl groups is 1. The summed E-state index contributed by atoms with van der Waals surface area (Å²) >= 11 is 4.82. The molecule has 0 atom stereocenters. The van der Waals surface area contributed by atoms with Crippen LogP contribution in [0.5, 0.6) is 0 Å². The molecule has 0 saturated carbocycles. The lowest BCUT2D eigenvalue weighted by Gasteiger charge is -2.09. The molecule has 102 valence electrons. The van der Waals surface area contributed by atoms with Crippen molar-refractivity contribution in [1.29, 1.82) is 0 Å². The Morgan fingerprint density at radius 1 is 1.58 bits per heavy atom. The summed E-state index contributed by atoms with van der Waals surface area (Å²) in [5.74, 6) is 0. The summed E-state index contributed by atoms with van der Waals surface area (Å²) in [4.78, 5) is 17.2. The minimum absolute atomic E-state index is 0.119. The highest BCUT2D eigenvalue weighted by Crippen LogP contribution is 2.19. The second-order valence-corrected chi connectivity index (χ2v) is 5.57. The highest BCUT2D eigenvalue weighted by molar-refractivity contribution is 9.10. The Balaban J connectivity index is 2.16. The first-order chi connectivity index (χ1) is 9.13. The molecule has 2 heterocycles. The van der Waals surface area contributed by atoms with Crippen LogP contribution in [0.2, 0.25) is 0 Å². The van der Waals surface area contributed by atoms with E-state index >= 15 is 0 Å². The van der Waals surface area contributed by atoms with Crippen molar-refractivity contribution >= 4 is 33.0 Å². The largest absolute Gasteiger partial charge is 0.394 e. The standard InChI is InChI=1S/C11H13BrN4O2S/c1-7-9(19-6-14-7)5-13-8-4-15-16(2-3-17)11(18)10(8)12/h4,6,13,17H,2-3,5H2,1H3. The highest BCUT2D eigenvalue weighted by Gasteiger charge is 2.09. The number of nitrogens with one attached hydrogen (secondary N) is 1. The van der Waals surface area contributed by atoms with Gasteiger partial charge in [-0.1, -0.05) is 0 Å². The van der Waals surface area contributed by atoms with Crippen molar-refractivity contribution in [3.63, 3.8) is 0 Å². The van der Waals surface area contributed by atoms with Crippen LogP contribution < -0.4 is 10.9 Å². The van der Waals surface area contributed by atoms with Crippen LogP contribution in [-0.4, -0.2) is 26.5 Å². The monoisotopic (exact) mass is 344 g/mol. The Kier molecular flexibility index (Phi) is 4.67. The molecule has 2 aromatic rings. The molecule has 0 unspecified atom stereocenters. The van der Waals surface area contributed by atoms with Crippen molar-refractivity contribution in [2.45, 2.75) is 20.0 Å². The van der Waals surface area contributed by atoms with Crippen molar-refractivity contribution in [3.8, 4) is 0 Å². The van der Waals surface area contributed by atoms with Crippen LogP contribution in [0.25, 0.3) is 0 Å². The number of thiazole rings is 1. The van der Waals surface area contributed by atoms with E-state index in [4.69, 9.17) is 5.11 Å². The molecule has 19 heavy (non-hydrogen) atoms. The Bertz CT molecular complexity index is 625. The fraction of sp³-hybridized carbons (Fsp3) is 0.364. The van der Waals surface area contributed by atoms with Gasteiger partial charge in [0.2, 0.25) is 0 Å². The summed E-state index contributed by atoms with van der Waals surface area (Å²) in [5.41, 5.74) is 3.14. The van der Waals surface area contributed by atoms with E-state index in [1.807, 2.05) is 6.92 Å². The number of hydrogen-bond donors (Lipinski definition) is 2. The Hall–Kier alpha value is -1.25. The average Bonchev–Trinajstić information content (AvgIpc) is 2.80. The molecule has 0 aliphatic rings. The molecule has 0 fully saturated rings. The van der Waals surface area contributed by atoms with Crippen LogP contribution in [-0.2, 0) is 13.1 Å². The van der Waals surface area contributed by atoms with Gasteiger partial charge in [-0.05, 0) is 22.9 Å². The first kappa shape index (κ1) is 14.2. The molecule has 0 bridgehead atoms. The van der Waals surface area contributed by atoms with Crippen molar-refractivity contribution in [3.05, 3.63) is 37.1 Å². The van der Waals surface area contributed by atoms with Crippen LogP contribution in [0, 0.1) is 6.92 Å². The van der Waals surface area contributed by atoms with E-state index in [0.29, 0.717) is 16.7 Å². The zero-order chi connectivity index (χ0) is 13.8. The third-order valence-electron chi connectivity index (χ3n) is 2.58. The third-order valence-corrected chi connectivity index (χ3v) is 4.28. The molecule has 0 radical (unpaired) electrons. The van der Waals surface area contributed by atoms with Gasteiger partial charge < -0.3 is 10.4 Å². The molecule has 2 N–H and O–H groups in total. The lowest BCUT2D eigenvalue weighted by Crippen LogP contribution is -2.25. The predicted octanol–water partition coefficient (Wildman–Crippen LogP) is 1.38. The molecular weight excluding hydrogens is 332 g/mol. The number of rotatable bonds is 5. The van der Waals surface area contributed by atoms with Crippen LogP contribution in [0.4, 0.5) is 5.69 Å². The molecule has 0 aliphatic carbocycles. The normalized spacial score (nSPS) is 10.7. The van der Waals surface area contributed by atoms with Gasteiger partial charge in [0.1, 0.15) is 4.47 Å². The topological polar surface area (TPSA) is 80.0 Å². The molecule has 0 spiro atoms. The van der Waals surface area contributed by atoms with E-state index in [2.05, 4.69) is 31.3 Å². The van der Waals surface area contributed by atoms with Gasteiger partial charge in [-0.15, -0.1) is 11.3 Å². The lowest BCUT2D eigenvalue weighted by atomic mass is 10.3. The molecule has 2 aromatic heterocycles. The van der Waals surface area contributed by atoms with Gasteiger partial charge in [-0.3, -0.25) is 4.79 Å². The molecule has 0 aromatic carbocycles. The van der Waals surface area contributed by atoms with Crippen molar-refractivity contribution in [2.75, 3.05) is 11.9 Å². The van der Waals surface area contributed by atoms with Gasteiger partial charge in [0.05, 0.1) is 42.8 Å². The quantitative estimate of drug-likeness (QED) is 0.856. The van der Waals surface area contributed by atoms with Gasteiger partial charge in [0.15, 0.2) is 0 Å². The molecular formula is C11H13BrN4O2S. The summed E-state index contributed by atoms with van der Waals surface area (Å²) in [5, 5.41) is 16.0. The summed E-state index contributed by atoms with van der Waals surface area (Å²) in [6, 6.07) is 0. The lowest BCUT2D eigenvalue weighted by molar-refractivity contribution is 0.266. The number of halogens is 1. The maximum atomic E-state index is 11.9. The molecule has 0 aliphatic heterocycles. The van der Waals surface area contributed by atoms with Gasteiger partial charge in [0.25, 0.3) is 5.56 Å². The van der Waals surface area contributed by atoms with Crippen LogP contribution in [0.1, 0.15) is 10.6 Å². The predicted molar refractivity (Wildman–Crippen MR) is 77.5 cm³/mol. The SMILES string of the molecule is Cc1ncsc1CNc1cnn(CCO)c(=O)c1Br. The number of nitrogens with zero attached hydrogens (tertiary/aromatic N) is 3. The van der Waals surface area contributed by atoms with E-state index in [0.717, 1.165) is 10.6 Å². The Morgan fingerprint density at radius 2 is 2.37 bits per heavy atom. The van der Waals surface area contributed by atoms with E-state index in [9.17, 15) is 4.79 Å². The van der Waals surface area contributed by atoms with Crippen LogP contribution >= 0.6 is 27.3 Å². The van der Waals surface area contributed by atoms with Gasteiger partial charge in [-0.25, -0.2) is 9.67 Å². The molecule has 8 heteroatoms. The first-order valence-electron chi connectivity index (χ1n) is 5.62. The minimum Gasteiger partial charge on any atom is -0.394 e. The summed E-state index contributed by atoms with van der Waals surface area (Å²) in [6.07, 6.45) is 1.57. The zero-order valence-corrected chi connectivity index (χ0v) is 12.7. The molecule has 0 amide bonds. The second-order valence-electron chi connectivity index (χ2n) is 3.84. The number of aromatic nitrogens is 3. The van der Waals surface area contributed by atoms with Crippen molar-refractivity contribution < 1.29 is 5.11 Å². The summed E-state index contributed by atoms with van der Waals surface area (Å²) in [7, 11) is 0. The van der Waals surface area contributed by atoms with E-state index in [1.54, 1.807) is 23.0 Å². The Labute approximate surface area is 122 Å².